The number of ether oxygens (including phenoxy) is 2. The lowest BCUT2D eigenvalue weighted by Crippen LogP contribution is -2.25. The largest absolute Gasteiger partial charge is 0.495 e. The van der Waals surface area contributed by atoms with Crippen LogP contribution in [-0.4, -0.2) is 36.4 Å². The van der Waals surface area contributed by atoms with E-state index in [0.717, 1.165) is 0 Å². The third-order valence-electron chi connectivity index (χ3n) is 2.01. The molecule has 5 nitrogen and oxygen atoms in total. The van der Waals surface area contributed by atoms with Gasteiger partial charge in [0.25, 0.3) is 0 Å². The molecule has 82 valence electrons. The summed E-state index contributed by atoms with van der Waals surface area (Å²) < 4.78 is 9.88. The Hall–Kier alpha value is -1.62. The van der Waals surface area contributed by atoms with Crippen LogP contribution in [0.3, 0.4) is 0 Å². The Morgan fingerprint density at radius 3 is 2.87 bits per heavy atom. The molecule has 1 N–H and O–H groups in total. The standard InChI is InChI=1S/C10H13NO4/c1-14-8-4-3-5-11-7(8)6-9(15-2)10(12)13/h3-5,9H,6H2,1-2H3,(H,12,13). The topological polar surface area (TPSA) is 68.7 Å². The minimum absolute atomic E-state index is 0.190. The highest BCUT2D eigenvalue weighted by atomic mass is 16.5. The van der Waals surface area contributed by atoms with Gasteiger partial charge >= 0.3 is 5.97 Å². The first kappa shape index (κ1) is 11.5. The molecule has 0 bridgehead atoms. The number of hydrogen-bond donors (Lipinski definition) is 1. The summed E-state index contributed by atoms with van der Waals surface area (Å²) in [5, 5.41) is 8.80. The lowest BCUT2D eigenvalue weighted by Gasteiger charge is -2.11. The Kier molecular flexibility index (Phi) is 4.05. The van der Waals surface area contributed by atoms with Crippen LogP contribution in [0.5, 0.6) is 5.75 Å². The molecule has 0 spiro atoms. The molecule has 15 heavy (non-hydrogen) atoms. The van der Waals surface area contributed by atoms with E-state index in [1.807, 2.05) is 0 Å². The summed E-state index contributed by atoms with van der Waals surface area (Å²) >= 11 is 0. The van der Waals surface area contributed by atoms with E-state index in [-0.39, 0.29) is 6.42 Å². The van der Waals surface area contributed by atoms with Crippen LogP contribution in [0.4, 0.5) is 0 Å². The highest BCUT2D eigenvalue weighted by Gasteiger charge is 2.19. The number of carbonyl (C=O) groups is 1. The summed E-state index contributed by atoms with van der Waals surface area (Å²) in [5.41, 5.74) is 0.578. The third kappa shape index (κ3) is 2.92. The van der Waals surface area contributed by atoms with Crippen LogP contribution in [0.1, 0.15) is 5.69 Å². The van der Waals surface area contributed by atoms with E-state index in [9.17, 15) is 4.79 Å². The van der Waals surface area contributed by atoms with Gasteiger partial charge in [-0.1, -0.05) is 0 Å². The lowest BCUT2D eigenvalue weighted by molar-refractivity contribution is -0.148. The van der Waals surface area contributed by atoms with Crippen molar-refractivity contribution in [2.24, 2.45) is 0 Å². The van der Waals surface area contributed by atoms with Crippen molar-refractivity contribution in [3.05, 3.63) is 24.0 Å². The van der Waals surface area contributed by atoms with Crippen molar-refractivity contribution in [3.63, 3.8) is 0 Å². The zero-order valence-corrected chi connectivity index (χ0v) is 8.64. The van der Waals surface area contributed by atoms with E-state index >= 15 is 0 Å². The van der Waals surface area contributed by atoms with Crippen molar-refractivity contribution >= 4 is 5.97 Å². The van der Waals surface area contributed by atoms with Crippen LogP contribution in [0, 0.1) is 0 Å². The molecular formula is C10H13NO4. The van der Waals surface area contributed by atoms with Crippen molar-refractivity contribution in [1.82, 2.24) is 4.98 Å². The molecule has 1 aromatic heterocycles. The van der Waals surface area contributed by atoms with Gasteiger partial charge in [0, 0.05) is 19.7 Å². The molecule has 0 amide bonds. The fourth-order valence-electron chi connectivity index (χ4n) is 1.21. The van der Waals surface area contributed by atoms with Gasteiger partial charge in [-0.15, -0.1) is 0 Å². The Labute approximate surface area is 87.7 Å². The first-order valence-electron chi connectivity index (χ1n) is 4.42. The highest BCUT2D eigenvalue weighted by Crippen LogP contribution is 2.16. The van der Waals surface area contributed by atoms with Gasteiger partial charge in [0.2, 0.25) is 0 Å². The van der Waals surface area contributed by atoms with Crippen LogP contribution < -0.4 is 4.74 Å². The predicted octanol–water partition coefficient (Wildman–Crippen LogP) is 0.732. The van der Waals surface area contributed by atoms with E-state index in [0.29, 0.717) is 11.4 Å². The Morgan fingerprint density at radius 1 is 1.60 bits per heavy atom. The number of pyridine rings is 1. The number of hydrogen-bond acceptors (Lipinski definition) is 4. The van der Waals surface area contributed by atoms with Gasteiger partial charge in [-0.05, 0) is 12.1 Å². The van der Waals surface area contributed by atoms with Gasteiger partial charge < -0.3 is 14.6 Å². The number of methoxy groups -OCH3 is 2. The van der Waals surface area contributed by atoms with E-state index in [2.05, 4.69) is 4.98 Å². The second-order valence-corrected chi connectivity index (χ2v) is 2.92. The van der Waals surface area contributed by atoms with Crippen molar-refractivity contribution in [2.45, 2.75) is 12.5 Å². The molecule has 1 unspecified atom stereocenters. The first-order valence-corrected chi connectivity index (χ1v) is 4.42. The minimum atomic E-state index is -1.01. The smallest absolute Gasteiger partial charge is 0.333 e. The summed E-state index contributed by atoms with van der Waals surface area (Å²) in [4.78, 5) is 14.8. The minimum Gasteiger partial charge on any atom is -0.495 e. The molecule has 1 heterocycles. The zero-order valence-electron chi connectivity index (χ0n) is 8.64. The van der Waals surface area contributed by atoms with Gasteiger partial charge in [-0.2, -0.15) is 0 Å². The summed E-state index contributed by atoms with van der Waals surface area (Å²) in [6.45, 7) is 0. The summed E-state index contributed by atoms with van der Waals surface area (Å²) in [5.74, 6) is -0.439. The lowest BCUT2D eigenvalue weighted by atomic mass is 10.1. The fraction of sp³-hybridized carbons (Fsp3) is 0.400. The molecule has 0 aliphatic rings. The van der Waals surface area contributed by atoms with E-state index < -0.39 is 12.1 Å². The van der Waals surface area contributed by atoms with Crippen LogP contribution >= 0.6 is 0 Å². The van der Waals surface area contributed by atoms with Crippen molar-refractivity contribution in [1.29, 1.82) is 0 Å². The average Bonchev–Trinajstić information content (AvgIpc) is 2.25. The van der Waals surface area contributed by atoms with Crippen LogP contribution in [0.2, 0.25) is 0 Å². The summed E-state index contributed by atoms with van der Waals surface area (Å²) in [7, 11) is 2.87. The Balaban J connectivity index is 2.82. The number of nitrogens with zero attached hydrogens (tertiary/aromatic N) is 1. The molecule has 0 saturated carbocycles. The van der Waals surface area contributed by atoms with E-state index in [1.165, 1.54) is 14.2 Å². The normalized spacial score (nSPS) is 12.1. The van der Waals surface area contributed by atoms with E-state index in [4.69, 9.17) is 14.6 Å². The quantitative estimate of drug-likeness (QED) is 0.777. The van der Waals surface area contributed by atoms with Crippen molar-refractivity contribution in [3.8, 4) is 5.75 Å². The highest BCUT2D eigenvalue weighted by molar-refractivity contribution is 5.72. The van der Waals surface area contributed by atoms with Crippen LogP contribution in [-0.2, 0) is 16.0 Å². The molecule has 0 aromatic carbocycles. The Bertz CT molecular complexity index is 340. The number of carboxylic acids is 1. The first-order chi connectivity index (χ1) is 7.19. The maximum atomic E-state index is 10.7. The number of carboxylic acid groups (broad SMARTS) is 1. The Morgan fingerprint density at radius 2 is 2.33 bits per heavy atom. The molecular weight excluding hydrogens is 198 g/mol. The zero-order chi connectivity index (χ0) is 11.3. The van der Waals surface area contributed by atoms with Crippen molar-refractivity contribution < 1.29 is 19.4 Å². The molecule has 1 aromatic rings. The molecule has 0 aliphatic carbocycles. The maximum Gasteiger partial charge on any atom is 0.333 e. The van der Waals surface area contributed by atoms with Gasteiger partial charge in [-0.3, -0.25) is 4.98 Å². The second kappa shape index (κ2) is 5.31. The SMILES string of the molecule is COc1cccnc1CC(OC)C(=O)O. The van der Waals surface area contributed by atoms with Gasteiger partial charge in [0.15, 0.2) is 6.10 Å². The third-order valence-corrected chi connectivity index (χ3v) is 2.01. The number of aromatic nitrogens is 1. The molecule has 5 heteroatoms. The van der Waals surface area contributed by atoms with Gasteiger partial charge in [-0.25, -0.2) is 4.79 Å². The molecule has 1 atom stereocenters. The molecule has 0 fully saturated rings. The fourth-order valence-corrected chi connectivity index (χ4v) is 1.21. The average molecular weight is 211 g/mol. The monoisotopic (exact) mass is 211 g/mol. The molecule has 1 rings (SSSR count). The van der Waals surface area contributed by atoms with Crippen molar-refractivity contribution in [2.75, 3.05) is 14.2 Å². The van der Waals surface area contributed by atoms with Crippen LogP contribution in [0.25, 0.3) is 0 Å². The molecule has 0 aliphatic heterocycles. The van der Waals surface area contributed by atoms with Crippen LogP contribution in [0.15, 0.2) is 18.3 Å². The maximum absolute atomic E-state index is 10.7. The van der Waals surface area contributed by atoms with Gasteiger partial charge in [0.1, 0.15) is 5.75 Å². The van der Waals surface area contributed by atoms with Gasteiger partial charge in [0.05, 0.1) is 12.8 Å². The van der Waals surface area contributed by atoms with E-state index in [1.54, 1.807) is 18.3 Å². The summed E-state index contributed by atoms with van der Waals surface area (Å²) in [6, 6.07) is 3.46. The predicted molar refractivity (Wildman–Crippen MR) is 52.9 cm³/mol. The molecule has 0 radical (unpaired) electrons. The summed E-state index contributed by atoms with van der Waals surface area (Å²) in [6.07, 6.45) is 0.885. The second-order valence-electron chi connectivity index (χ2n) is 2.92. The molecule has 0 saturated heterocycles. The number of rotatable bonds is 5. The number of aliphatic carboxylic acids is 1.